The van der Waals surface area contributed by atoms with Crippen LogP contribution in [0, 0.1) is 0 Å². The third-order valence-corrected chi connectivity index (χ3v) is 1.44. The third kappa shape index (κ3) is 2.76. The number of rotatable bonds is 3. The zero-order valence-electron chi connectivity index (χ0n) is 8.43. The first-order valence-electron chi connectivity index (χ1n) is 4.26. The van der Waals surface area contributed by atoms with E-state index in [1.54, 1.807) is 0 Å². The number of carbonyl (C=O) groups excluding carboxylic acids is 1. The quantitative estimate of drug-likeness (QED) is 0.519. The van der Waals surface area contributed by atoms with Crippen molar-refractivity contribution in [1.29, 1.82) is 0 Å². The van der Waals surface area contributed by atoms with Crippen LogP contribution in [0.5, 0.6) is 5.75 Å². The predicted octanol–water partition coefficient (Wildman–Crippen LogP) is -0.178. The van der Waals surface area contributed by atoms with Crippen LogP contribution < -0.4 is 4.65 Å². The van der Waals surface area contributed by atoms with Gasteiger partial charge in [-0.25, -0.2) is 4.79 Å². The highest BCUT2D eigenvalue weighted by molar-refractivity contribution is 6.33. The van der Waals surface area contributed by atoms with E-state index in [2.05, 4.69) is 9.39 Å². The van der Waals surface area contributed by atoms with Gasteiger partial charge >= 0.3 is 13.3 Å². The van der Waals surface area contributed by atoms with Crippen molar-refractivity contribution in [2.75, 3.05) is 7.11 Å². The highest BCUT2D eigenvalue weighted by Crippen LogP contribution is 2.12. The molecule has 0 bridgehead atoms. The van der Waals surface area contributed by atoms with E-state index in [0.29, 0.717) is 0 Å². The summed E-state index contributed by atoms with van der Waals surface area (Å²) in [5.74, 6) is -0.600. The van der Waals surface area contributed by atoms with Gasteiger partial charge in [0.15, 0.2) is 0 Å². The van der Waals surface area contributed by atoms with E-state index < -0.39 is 13.3 Å². The van der Waals surface area contributed by atoms with E-state index in [9.17, 15) is 4.79 Å². The molecule has 0 spiro atoms. The molecule has 1 aromatic rings. The predicted molar refractivity (Wildman–Crippen MR) is 48.6 cm³/mol. The van der Waals surface area contributed by atoms with Crippen molar-refractivity contribution in [2.24, 2.45) is 0 Å². The summed E-state index contributed by atoms with van der Waals surface area (Å²) in [4.78, 5) is 11.1. The smallest absolute Gasteiger partial charge is 0.512 e. The van der Waals surface area contributed by atoms with Crippen LogP contribution in [0.15, 0.2) is 24.2 Å². The van der Waals surface area contributed by atoms with Gasteiger partial charge in [0.1, 0.15) is 5.75 Å². The van der Waals surface area contributed by atoms with Gasteiger partial charge in [-0.05, 0) is 24.2 Å². The molecule has 0 atom stereocenters. The standard InChI is InChI=1S/C8H9BO5/c1-13-8(10)6-2-4-7(5-3-6)14-9(11)12/h2-5,11-12H,1H3/i4D. The third-order valence-electron chi connectivity index (χ3n) is 1.44. The normalized spacial score (nSPS) is 10.4. The molecule has 0 saturated carbocycles. The Bertz CT molecular complexity index is 368. The van der Waals surface area contributed by atoms with E-state index in [-0.39, 0.29) is 17.4 Å². The summed E-state index contributed by atoms with van der Waals surface area (Å²) in [6, 6.07) is 3.73. The first kappa shape index (κ1) is 9.05. The number of methoxy groups -OCH3 is 1. The summed E-state index contributed by atoms with van der Waals surface area (Å²) in [5, 5.41) is 17.0. The summed E-state index contributed by atoms with van der Waals surface area (Å²) in [7, 11) is -0.758. The van der Waals surface area contributed by atoms with Gasteiger partial charge in [0.05, 0.1) is 14.0 Å². The van der Waals surface area contributed by atoms with Crippen molar-refractivity contribution in [2.45, 2.75) is 0 Å². The summed E-state index contributed by atoms with van der Waals surface area (Å²) in [6.45, 7) is 0. The highest BCUT2D eigenvalue weighted by Gasteiger charge is 2.11. The Kier molecular flexibility index (Phi) is 3.00. The second kappa shape index (κ2) is 4.64. The van der Waals surface area contributed by atoms with Crippen LogP contribution >= 0.6 is 0 Å². The van der Waals surface area contributed by atoms with E-state index in [1.165, 1.54) is 25.3 Å². The molecule has 14 heavy (non-hydrogen) atoms. The average molecular weight is 197 g/mol. The molecule has 1 aromatic carbocycles. The Balaban J connectivity index is 2.93. The SMILES string of the molecule is [2H]c1cc(C(=O)OC)ccc1OB(O)O. The number of benzene rings is 1. The lowest BCUT2D eigenvalue weighted by atomic mass is 10.2. The van der Waals surface area contributed by atoms with Crippen LogP contribution in [-0.4, -0.2) is 30.4 Å². The van der Waals surface area contributed by atoms with Crippen LogP contribution in [0.1, 0.15) is 11.7 Å². The molecule has 6 heteroatoms. The maximum Gasteiger partial charge on any atom is 0.707 e. The van der Waals surface area contributed by atoms with Crippen molar-refractivity contribution in [3.63, 3.8) is 0 Å². The molecule has 0 aromatic heterocycles. The second-order valence-corrected chi connectivity index (χ2v) is 2.38. The number of carbonyl (C=O) groups is 1. The number of ether oxygens (including phenoxy) is 1. The lowest BCUT2D eigenvalue weighted by Gasteiger charge is -2.04. The summed E-state index contributed by atoms with van der Waals surface area (Å²) >= 11 is 0. The van der Waals surface area contributed by atoms with Crippen molar-refractivity contribution in [3.8, 4) is 5.75 Å². The van der Waals surface area contributed by atoms with Crippen molar-refractivity contribution in [1.82, 2.24) is 0 Å². The molecular formula is C8H9BO5. The van der Waals surface area contributed by atoms with Crippen LogP contribution in [0.25, 0.3) is 0 Å². The maximum absolute atomic E-state index is 11.1. The summed E-state index contributed by atoms with van der Waals surface area (Å²) < 4.78 is 16.4. The first-order valence-corrected chi connectivity index (χ1v) is 3.76. The molecule has 0 unspecified atom stereocenters. The van der Waals surface area contributed by atoms with Gasteiger partial charge in [0.25, 0.3) is 0 Å². The highest BCUT2D eigenvalue weighted by atomic mass is 16.6. The maximum atomic E-state index is 11.1. The van der Waals surface area contributed by atoms with E-state index in [0.717, 1.165) is 0 Å². The minimum absolute atomic E-state index is 0.0300. The first-order chi connectivity index (χ1) is 7.04. The molecular weight excluding hydrogens is 187 g/mol. The Labute approximate surface area is 82.5 Å². The zero-order chi connectivity index (χ0) is 11.4. The fourth-order valence-electron chi connectivity index (χ4n) is 0.842. The molecule has 0 amide bonds. The van der Waals surface area contributed by atoms with Gasteiger partial charge in [-0.2, -0.15) is 0 Å². The van der Waals surface area contributed by atoms with Crippen LogP contribution in [-0.2, 0) is 4.74 Å². The number of hydrogen-bond acceptors (Lipinski definition) is 5. The number of esters is 1. The van der Waals surface area contributed by atoms with Gasteiger partial charge in [0.2, 0.25) is 0 Å². The molecule has 5 nitrogen and oxygen atoms in total. The molecule has 0 heterocycles. The Hall–Kier alpha value is -1.53. The largest absolute Gasteiger partial charge is 0.707 e. The second-order valence-electron chi connectivity index (χ2n) is 2.38. The van der Waals surface area contributed by atoms with Gasteiger partial charge in [-0.3, -0.25) is 0 Å². The number of hydrogen-bond donors (Lipinski definition) is 2. The topological polar surface area (TPSA) is 76.0 Å². The van der Waals surface area contributed by atoms with Crippen LogP contribution in [0.3, 0.4) is 0 Å². The Morgan fingerprint density at radius 3 is 2.71 bits per heavy atom. The van der Waals surface area contributed by atoms with Gasteiger partial charge in [0, 0.05) is 0 Å². The van der Waals surface area contributed by atoms with Crippen molar-refractivity contribution >= 4 is 13.3 Å². The molecule has 74 valence electrons. The van der Waals surface area contributed by atoms with E-state index in [1.807, 2.05) is 0 Å². The Morgan fingerprint density at radius 2 is 2.21 bits per heavy atom. The van der Waals surface area contributed by atoms with Crippen molar-refractivity contribution < 1.29 is 25.6 Å². The lowest BCUT2D eigenvalue weighted by Crippen LogP contribution is -2.20. The molecule has 0 aliphatic carbocycles. The minimum atomic E-state index is -1.99. The van der Waals surface area contributed by atoms with Crippen molar-refractivity contribution in [3.05, 3.63) is 29.8 Å². The molecule has 0 aliphatic rings. The summed E-state index contributed by atoms with van der Waals surface area (Å²) in [6.07, 6.45) is 0. The van der Waals surface area contributed by atoms with Gasteiger partial charge in [-0.15, -0.1) is 0 Å². The average Bonchev–Trinajstić information content (AvgIpc) is 2.19. The molecule has 0 aliphatic heterocycles. The minimum Gasteiger partial charge on any atom is -0.512 e. The molecule has 0 fully saturated rings. The fourth-order valence-corrected chi connectivity index (χ4v) is 0.842. The van der Waals surface area contributed by atoms with E-state index >= 15 is 0 Å². The lowest BCUT2D eigenvalue weighted by molar-refractivity contribution is 0.0601. The molecule has 1 rings (SSSR count). The van der Waals surface area contributed by atoms with Gasteiger partial charge in [-0.1, -0.05) is 0 Å². The summed E-state index contributed by atoms with van der Waals surface area (Å²) in [5.41, 5.74) is 0.197. The zero-order valence-corrected chi connectivity index (χ0v) is 7.43. The molecule has 0 saturated heterocycles. The van der Waals surface area contributed by atoms with Crippen LogP contribution in [0.4, 0.5) is 0 Å². The fraction of sp³-hybridized carbons (Fsp3) is 0.125. The molecule has 0 radical (unpaired) electrons. The van der Waals surface area contributed by atoms with Crippen LogP contribution in [0.2, 0.25) is 0 Å². The van der Waals surface area contributed by atoms with Gasteiger partial charge < -0.3 is 19.4 Å². The van der Waals surface area contributed by atoms with E-state index in [4.69, 9.17) is 11.4 Å². The Morgan fingerprint density at radius 1 is 1.50 bits per heavy atom. The molecule has 2 N–H and O–H groups in total. The monoisotopic (exact) mass is 197 g/mol.